The summed E-state index contributed by atoms with van der Waals surface area (Å²) in [6.45, 7) is 7.92. The van der Waals surface area contributed by atoms with Crippen molar-refractivity contribution in [3.8, 4) is 6.07 Å². The molecule has 1 aliphatic heterocycles. The molecule has 0 atom stereocenters. The molecule has 3 N–H and O–H groups in total. The number of nitriles is 1. The first-order chi connectivity index (χ1) is 17.8. The maximum atomic E-state index is 13.0. The highest BCUT2D eigenvalue weighted by Crippen LogP contribution is 2.46. The van der Waals surface area contributed by atoms with Crippen molar-refractivity contribution in [3.05, 3.63) is 53.1 Å². The van der Waals surface area contributed by atoms with E-state index >= 15 is 0 Å². The van der Waals surface area contributed by atoms with E-state index in [-0.39, 0.29) is 28.7 Å². The quantitative estimate of drug-likeness (QED) is 0.463. The minimum Gasteiger partial charge on any atom is -0.381 e. The summed E-state index contributed by atoms with van der Waals surface area (Å²) in [5.74, 6) is -0.329. The number of carbonyl (C=O) groups is 2. The molecular formula is C29H37N5O3. The smallest absolute Gasteiger partial charge is 0.291 e. The van der Waals surface area contributed by atoms with Gasteiger partial charge >= 0.3 is 0 Å². The average molecular weight is 504 g/mol. The van der Waals surface area contributed by atoms with Gasteiger partial charge in [0, 0.05) is 43.3 Å². The first kappa shape index (κ1) is 26.6. The highest BCUT2D eigenvalue weighted by Gasteiger charge is 2.36. The number of aromatic amines is 1. The Morgan fingerprint density at radius 2 is 1.95 bits per heavy atom. The molecule has 2 aromatic rings. The molecule has 8 heteroatoms. The largest absolute Gasteiger partial charge is 0.381 e. The summed E-state index contributed by atoms with van der Waals surface area (Å²) < 4.78 is 5.67. The topological polar surface area (TPSA) is 120 Å². The molecule has 196 valence electrons. The highest BCUT2D eigenvalue weighted by molar-refractivity contribution is 6.03. The second kappa shape index (κ2) is 11.3. The van der Waals surface area contributed by atoms with Crippen molar-refractivity contribution in [1.29, 1.82) is 5.26 Å². The lowest BCUT2D eigenvalue weighted by atomic mass is 9.69. The molecule has 2 amide bonds. The van der Waals surface area contributed by atoms with Crippen molar-refractivity contribution in [1.82, 2.24) is 15.3 Å². The van der Waals surface area contributed by atoms with E-state index in [2.05, 4.69) is 52.7 Å². The monoisotopic (exact) mass is 503 g/mol. The van der Waals surface area contributed by atoms with Crippen LogP contribution in [0.1, 0.15) is 93.2 Å². The number of H-pyrrole nitrogens is 1. The van der Waals surface area contributed by atoms with Crippen LogP contribution in [0.5, 0.6) is 0 Å². The van der Waals surface area contributed by atoms with Crippen LogP contribution in [0.15, 0.2) is 30.5 Å². The summed E-state index contributed by atoms with van der Waals surface area (Å²) in [7, 11) is 0. The molecule has 8 nitrogen and oxygen atoms in total. The zero-order valence-electron chi connectivity index (χ0n) is 22.1. The van der Waals surface area contributed by atoms with E-state index in [1.165, 1.54) is 11.8 Å². The summed E-state index contributed by atoms with van der Waals surface area (Å²) in [4.78, 5) is 31.6. The van der Waals surface area contributed by atoms with Gasteiger partial charge in [0.2, 0.25) is 5.91 Å². The number of allylic oxidation sites excluding steroid dienone is 2. The third kappa shape index (κ3) is 5.78. The third-order valence-electron chi connectivity index (χ3n) is 8.47. The number of carbonyl (C=O) groups excluding carboxylic acids is 2. The number of aromatic nitrogens is 2. The first-order valence-electron chi connectivity index (χ1n) is 13.3. The zero-order chi connectivity index (χ0) is 26.5. The van der Waals surface area contributed by atoms with Crippen LogP contribution < -0.4 is 10.6 Å². The van der Waals surface area contributed by atoms with Crippen molar-refractivity contribution >= 4 is 23.1 Å². The Labute approximate surface area is 218 Å². The number of imidazole rings is 1. The summed E-state index contributed by atoms with van der Waals surface area (Å²) in [5, 5.41) is 15.1. The maximum absolute atomic E-state index is 13.0. The Morgan fingerprint density at radius 3 is 2.54 bits per heavy atom. The zero-order valence-corrected chi connectivity index (χ0v) is 22.1. The van der Waals surface area contributed by atoms with Gasteiger partial charge in [0.15, 0.2) is 5.82 Å². The molecule has 1 aliphatic carbocycles. The van der Waals surface area contributed by atoms with Gasteiger partial charge in [0.05, 0.1) is 6.20 Å². The predicted molar refractivity (Wildman–Crippen MR) is 143 cm³/mol. The molecular weight excluding hydrogens is 466 g/mol. The second-order valence-corrected chi connectivity index (χ2v) is 10.4. The van der Waals surface area contributed by atoms with Crippen molar-refractivity contribution in [3.63, 3.8) is 0 Å². The number of anilines is 1. The molecule has 37 heavy (non-hydrogen) atoms. The minimum atomic E-state index is -0.387. The molecule has 2 aliphatic rings. The number of nitrogens with one attached hydrogen (secondary N) is 3. The predicted octanol–water partition coefficient (Wildman–Crippen LogP) is 5.09. The fourth-order valence-electron chi connectivity index (χ4n) is 5.63. The van der Waals surface area contributed by atoms with Gasteiger partial charge in [-0.2, -0.15) is 5.26 Å². The van der Waals surface area contributed by atoms with Gasteiger partial charge in [-0.15, -0.1) is 0 Å². The summed E-state index contributed by atoms with van der Waals surface area (Å²) in [6.07, 6.45) is 10.7. The number of benzene rings is 1. The Hall–Kier alpha value is -3.44. The second-order valence-electron chi connectivity index (χ2n) is 10.4. The lowest BCUT2D eigenvalue weighted by Gasteiger charge is -2.39. The summed E-state index contributed by atoms with van der Waals surface area (Å²) in [6, 6.07) is 8.18. The van der Waals surface area contributed by atoms with Crippen molar-refractivity contribution in [2.45, 2.75) is 71.1 Å². The lowest BCUT2D eigenvalue weighted by molar-refractivity contribution is -0.119. The molecule has 4 rings (SSSR count). The van der Waals surface area contributed by atoms with E-state index in [0.29, 0.717) is 25.2 Å². The number of rotatable bonds is 8. The summed E-state index contributed by atoms with van der Waals surface area (Å²) in [5.41, 5.74) is 4.45. The van der Waals surface area contributed by atoms with Crippen LogP contribution in [0.25, 0.3) is 5.57 Å². The third-order valence-corrected chi connectivity index (χ3v) is 8.47. The Balaban J connectivity index is 1.73. The van der Waals surface area contributed by atoms with Crippen LogP contribution in [0, 0.1) is 16.7 Å². The summed E-state index contributed by atoms with van der Waals surface area (Å²) >= 11 is 0. The number of nitrogens with zero attached hydrogens (tertiary/aromatic N) is 2. The SMILES string of the molecule is CCC1(CC)CC=C(c2cc(C3(CNC(C)=O)CCOCC3)ccc2NC(=O)c2ncc(C#N)[nH]2)CC1. The van der Waals surface area contributed by atoms with Gasteiger partial charge in [0.1, 0.15) is 11.8 Å². The molecule has 1 saturated heterocycles. The van der Waals surface area contributed by atoms with Crippen LogP contribution in [-0.2, 0) is 14.9 Å². The Bertz CT molecular complexity index is 1210. The lowest BCUT2D eigenvalue weighted by Crippen LogP contribution is -2.44. The van der Waals surface area contributed by atoms with Gasteiger partial charge in [-0.05, 0) is 60.8 Å². The fraction of sp³-hybridized carbons (Fsp3) is 0.517. The molecule has 1 fully saturated rings. The number of ether oxygens (including phenoxy) is 1. The molecule has 1 aromatic heterocycles. The number of hydrogen-bond acceptors (Lipinski definition) is 5. The average Bonchev–Trinajstić information content (AvgIpc) is 3.42. The van der Waals surface area contributed by atoms with Gasteiger partial charge in [-0.25, -0.2) is 4.98 Å². The van der Waals surface area contributed by atoms with Crippen molar-refractivity contribution < 1.29 is 14.3 Å². The molecule has 0 unspecified atom stereocenters. The standard InChI is InChI=1S/C29H37N5O3/c1-4-28(5-2)10-8-21(9-11-28)24-16-22(29(19-32-20(3)35)12-14-37-15-13-29)6-7-25(24)34-27(36)26-31-18-23(17-30)33-26/h6-8,16,18H,4-5,9-15,19H2,1-3H3,(H,31,33)(H,32,35)(H,34,36). The van der Waals surface area contributed by atoms with Gasteiger partial charge in [-0.3, -0.25) is 9.59 Å². The molecule has 0 bridgehead atoms. The van der Waals surface area contributed by atoms with E-state index in [4.69, 9.17) is 10.00 Å². The van der Waals surface area contributed by atoms with Crippen LogP contribution in [0.3, 0.4) is 0 Å². The van der Waals surface area contributed by atoms with Gasteiger partial charge in [0.25, 0.3) is 5.91 Å². The molecule has 2 heterocycles. The number of amides is 2. The van der Waals surface area contributed by atoms with E-state index in [9.17, 15) is 9.59 Å². The van der Waals surface area contributed by atoms with Gasteiger partial charge < -0.3 is 20.4 Å². The normalized spacial score (nSPS) is 18.4. The Morgan fingerprint density at radius 1 is 1.19 bits per heavy atom. The van der Waals surface area contributed by atoms with Crippen LogP contribution in [0.2, 0.25) is 0 Å². The number of hydrogen-bond donors (Lipinski definition) is 3. The molecule has 1 aromatic carbocycles. The molecule has 0 spiro atoms. The van der Waals surface area contributed by atoms with Crippen LogP contribution in [-0.4, -0.2) is 41.5 Å². The van der Waals surface area contributed by atoms with E-state index in [0.717, 1.165) is 61.8 Å². The molecule has 0 radical (unpaired) electrons. The van der Waals surface area contributed by atoms with Gasteiger partial charge in [-0.1, -0.05) is 38.8 Å². The Kier molecular flexibility index (Phi) is 8.13. The molecule has 0 saturated carbocycles. The van der Waals surface area contributed by atoms with Crippen LogP contribution >= 0.6 is 0 Å². The van der Waals surface area contributed by atoms with E-state index < -0.39 is 0 Å². The van der Waals surface area contributed by atoms with E-state index in [1.807, 2.05) is 12.1 Å². The van der Waals surface area contributed by atoms with Crippen molar-refractivity contribution in [2.24, 2.45) is 5.41 Å². The minimum absolute atomic E-state index is 0.0457. The fourth-order valence-corrected chi connectivity index (χ4v) is 5.63. The first-order valence-corrected chi connectivity index (χ1v) is 13.3. The highest BCUT2D eigenvalue weighted by atomic mass is 16.5. The van der Waals surface area contributed by atoms with E-state index in [1.54, 1.807) is 6.92 Å². The van der Waals surface area contributed by atoms with Crippen molar-refractivity contribution in [2.75, 3.05) is 25.1 Å². The maximum Gasteiger partial charge on any atom is 0.291 e. The van der Waals surface area contributed by atoms with Crippen LogP contribution in [0.4, 0.5) is 5.69 Å².